The van der Waals surface area contributed by atoms with Gasteiger partial charge in [0.25, 0.3) is 0 Å². The molecule has 1 aromatic heterocycles. The van der Waals surface area contributed by atoms with E-state index in [4.69, 9.17) is 16.3 Å². The number of ether oxygens (including phenoxy) is 1. The number of benzene rings is 2. The molecule has 3 rings (SSSR count). The third kappa shape index (κ3) is 5.74. The first-order valence-corrected chi connectivity index (χ1v) is 9.53. The van der Waals surface area contributed by atoms with Crippen molar-refractivity contribution in [1.29, 1.82) is 5.26 Å². The van der Waals surface area contributed by atoms with Gasteiger partial charge in [-0.3, -0.25) is 9.97 Å². The van der Waals surface area contributed by atoms with E-state index in [2.05, 4.69) is 15.3 Å². The quantitative estimate of drug-likeness (QED) is 0.542. The van der Waals surface area contributed by atoms with Crippen LogP contribution in [0.4, 0.5) is 4.39 Å². The van der Waals surface area contributed by atoms with E-state index in [0.717, 1.165) is 23.0 Å². The van der Waals surface area contributed by atoms with Gasteiger partial charge in [-0.2, -0.15) is 5.26 Å². The maximum Gasteiger partial charge on any atom is 0.143 e. The van der Waals surface area contributed by atoms with Gasteiger partial charge in [0, 0.05) is 31.4 Å². The lowest BCUT2D eigenvalue weighted by Gasteiger charge is -2.21. The van der Waals surface area contributed by atoms with Gasteiger partial charge in [0.05, 0.1) is 22.0 Å². The van der Waals surface area contributed by atoms with Crippen LogP contribution in [0, 0.1) is 24.1 Å². The molecule has 0 saturated heterocycles. The highest BCUT2D eigenvalue weighted by atomic mass is 35.5. The van der Waals surface area contributed by atoms with E-state index in [1.165, 1.54) is 6.07 Å². The largest absolute Gasteiger partial charge is 0.484 e. The molecule has 0 fully saturated rings. The summed E-state index contributed by atoms with van der Waals surface area (Å²) in [5, 5.41) is 12.6. The van der Waals surface area contributed by atoms with E-state index in [9.17, 15) is 9.65 Å². The number of rotatable bonds is 8. The average molecular weight is 411 g/mol. The average Bonchev–Trinajstić information content (AvgIpc) is 2.74. The van der Waals surface area contributed by atoms with Crippen molar-refractivity contribution >= 4 is 11.6 Å². The van der Waals surface area contributed by atoms with Crippen molar-refractivity contribution < 1.29 is 9.13 Å². The van der Waals surface area contributed by atoms with E-state index >= 15 is 0 Å². The molecule has 29 heavy (non-hydrogen) atoms. The van der Waals surface area contributed by atoms with Crippen molar-refractivity contribution in [3.05, 3.63) is 88.2 Å². The first-order chi connectivity index (χ1) is 14.1. The molecule has 0 bridgehead atoms. The number of hydrogen-bond donors (Lipinski definition) is 1. The SMILES string of the molecule is Cc1cnc(CNCCC(Oc2cc(Cl)c(F)cc2C#N)c2ccccc2)cn1. The number of aromatic nitrogens is 2. The van der Waals surface area contributed by atoms with Crippen molar-refractivity contribution in [2.75, 3.05) is 6.54 Å². The molecule has 1 N–H and O–H groups in total. The highest BCUT2D eigenvalue weighted by molar-refractivity contribution is 6.30. The highest BCUT2D eigenvalue weighted by Gasteiger charge is 2.17. The molecule has 1 unspecified atom stereocenters. The van der Waals surface area contributed by atoms with Gasteiger partial charge in [-0.1, -0.05) is 41.9 Å². The minimum atomic E-state index is -0.646. The van der Waals surface area contributed by atoms with Gasteiger partial charge in [0.15, 0.2) is 0 Å². The second-order valence-electron chi connectivity index (χ2n) is 6.51. The lowest BCUT2D eigenvalue weighted by Crippen LogP contribution is -2.20. The molecular weight excluding hydrogens is 391 g/mol. The minimum Gasteiger partial charge on any atom is -0.484 e. The highest BCUT2D eigenvalue weighted by Crippen LogP contribution is 2.31. The zero-order valence-corrected chi connectivity index (χ0v) is 16.7. The number of halogens is 2. The first-order valence-electron chi connectivity index (χ1n) is 9.16. The van der Waals surface area contributed by atoms with E-state index in [-0.39, 0.29) is 22.4 Å². The van der Waals surface area contributed by atoms with Crippen molar-refractivity contribution in [2.24, 2.45) is 0 Å². The standard InChI is InChI=1S/C22H20ClFN4O/c1-15-12-28-18(14-27-15)13-26-8-7-21(16-5-3-2-4-6-16)29-22-10-19(23)20(24)9-17(22)11-25/h2-6,9-10,12,14,21,26H,7-8,13H2,1H3. The molecule has 0 aliphatic carbocycles. The molecule has 0 aliphatic rings. The first kappa shape index (κ1) is 20.7. The van der Waals surface area contributed by atoms with Crippen LogP contribution in [0.3, 0.4) is 0 Å². The Labute approximate surface area is 174 Å². The van der Waals surface area contributed by atoms with Crippen molar-refractivity contribution in [3.8, 4) is 11.8 Å². The third-order valence-corrected chi connectivity index (χ3v) is 4.60. The predicted octanol–water partition coefficient (Wildman–Crippen LogP) is 4.75. The summed E-state index contributed by atoms with van der Waals surface area (Å²) < 4.78 is 19.8. The molecule has 5 nitrogen and oxygen atoms in total. The molecule has 7 heteroatoms. The van der Waals surface area contributed by atoms with E-state index < -0.39 is 5.82 Å². The number of hydrogen-bond acceptors (Lipinski definition) is 5. The zero-order chi connectivity index (χ0) is 20.6. The van der Waals surface area contributed by atoms with Crippen molar-refractivity contribution in [2.45, 2.75) is 26.0 Å². The lowest BCUT2D eigenvalue weighted by molar-refractivity contribution is 0.193. The molecule has 0 saturated carbocycles. The Kier molecular flexibility index (Phi) is 7.12. The van der Waals surface area contributed by atoms with Crippen LogP contribution in [-0.4, -0.2) is 16.5 Å². The molecule has 3 aromatic rings. The zero-order valence-electron chi connectivity index (χ0n) is 15.9. The number of aryl methyl sites for hydroxylation is 1. The number of nitrogens with zero attached hydrogens (tertiary/aromatic N) is 3. The van der Waals surface area contributed by atoms with Crippen LogP contribution in [0.25, 0.3) is 0 Å². The van der Waals surface area contributed by atoms with Crippen molar-refractivity contribution in [1.82, 2.24) is 15.3 Å². The number of nitrogens with one attached hydrogen (secondary N) is 1. The number of nitriles is 1. The van der Waals surface area contributed by atoms with Crippen LogP contribution in [0.2, 0.25) is 5.02 Å². The Morgan fingerprint density at radius 1 is 1.21 bits per heavy atom. The van der Waals surface area contributed by atoms with Crippen LogP contribution >= 0.6 is 11.6 Å². The summed E-state index contributed by atoms with van der Waals surface area (Å²) in [6.07, 6.45) is 3.77. The molecule has 148 valence electrons. The van der Waals surface area contributed by atoms with Gasteiger partial charge in [-0.15, -0.1) is 0 Å². The Morgan fingerprint density at radius 3 is 2.69 bits per heavy atom. The van der Waals surface area contributed by atoms with Gasteiger partial charge in [0.1, 0.15) is 23.7 Å². The predicted molar refractivity (Wildman–Crippen MR) is 109 cm³/mol. The van der Waals surface area contributed by atoms with Gasteiger partial charge < -0.3 is 10.1 Å². The molecule has 1 heterocycles. The van der Waals surface area contributed by atoms with Crippen LogP contribution in [-0.2, 0) is 6.54 Å². The topological polar surface area (TPSA) is 70.8 Å². The van der Waals surface area contributed by atoms with Crippen LogP contribution < -0.4 is 10.1 Å². The monoisotopic (exact) mass is 410 g/mol. The molecule has 0 radical (unpaired) electrons. The minimum absolute atomic E-state index is 0.0816. The summed E-state index contributed by atoms with van der Waals surface area (Å²) in [5.41, 5.74) is 2.78. The molecule has 0 aliphatic heterocycles. The second kappa shape index (κ2) is 9.97. The normalized spacial score (nSPS) is 11.7. The summed E-state index contributed by atoms with van der Waals surface area (Å²) in [5.74, 6) is -0.384. The molecular formula is C22H20ClFN4O. The summed E-state index contributed by atoms with van der Waals surface area (Å²) in [4.78, 5) is 8.55. The second-order valence-corrected chi connectivity index (χ2v) is 6.91. The molecule has 0 spiro atoms. The van der Waals surface area contributed by atoms with Gasteiger partial charge in [0.2, 0.25) is 0 Å². The summed E-state index contributed by atoms with van der Waals surface area (Å²) >= 11 is 5.89. The van der Waals surface area contributed by atoms with Crippen LogP contribution in [0.15, 0.2) is 54.9 Å². The fourth-order valence-electron chi connectivity index (χ4n) is 2.79. The van der Waals surface area contributed by atoms with Gasteiger partial charge >= 0.3 is 0 Å². The fourth-order valence-corrected chi connectivity index (χ4v) is 2.94. The summed E-state index contributed by atoms with van der Waals surface area (Å²) in [6.45, 7) is 3.12. The molecule has 0 amide bonds. The summed E-state index contributed by atoms with van der Waals surface area (Å²) in [6, 6.07) is 14.1. The maximum atomic E-state index is 13.7. The Morgan fingerprint density at radius 2 is 2.00 bits per heavy atom. The maximum absolute atomic E-state index is 13.7. The Balaban J connectivity index is 1.70. The van der Waals surface area contributed by atoms with E-state index in [1.54, 1.807) is 12.4 Å². The van der Waals surface area contributed by atoms with E-state index in [0.29, 0.717) is 19.5 Å². The molecule has 1 atom stereocenters. The Bertz CT molecular complexity index is 990. The lowest BCUT2D eigenvalue weighted by atomic mass is 10.1. The fraction of sp³-hybridized carbons (Fsp3) is 0.227. The summed E-state index contributed by atoms with van der Waals surface area (Å²) in [7, 11) is 0. The van der Waals surface area contributed by atoms with Gasteiger partial charge in [-0.25, -0.2) is 4.39 Å². The smallest absolute Gasteiger partial charge is 0.143 e. The van der Waals surface area contributed by atoms with Crippen LogP contribution in [0.1, 0.15) is 35.0 Å². The van der Waals surface area contributed by atoms with Gasteiger partial charge in [-0.05, 0) is 25.1 Å². The van der Waals surface area contributed by atoms with E-state index in [1.807, 2.05) is 43.3 Å². The van der Waals surface area contributed by atoms with Crippen molar-refractivity contribution in [3.63, 3.8) is 0 Å². The Hall–Kier alpha value is -3.01. The third-order valence-electron chi connectivity index (χ3n) is 4.31. The molecule has 2 aromatic carbocycles. The van der Waals surface area contributed by atoms with Crippen LogP contribution in [0.5, 0.6) is 5.75 Å².